The molecule has 0 fully saturated rings. The summed E-state index contributed by atoms with van der Waals surface area (Å²) in [6, 6.07) is 17.3. The summed E-state index contributed by atoms with van der Waals surface area (Å²) in [5, 5.41) is 18.9. The Labute approximate surface area is 133 Å². The first-order valence-corrected chi connectivity index (χ1v) is 6.80. The number of hydrogen-bond donors (Lipinski definition) is 0. The summed E-state index contributed by atoms with van der Waals surface area (Å²) in [6.45, 7) is 0. The van der Waals surface area contributed by atoms with Crippen LogP contribution in [-0.2, 0) is 14.9 Å². The van der Waals surface area contributed by atoms with Gasteiger partial charge in [-0.3, -0.25) is 4.79 Å². The molecule has 1 atom stereocenters. The second kappa shape index (κ2) is 6.72. The van der Waals surface area contributed by atoms with Crippen LogP contribution in [0.2, 0.25) is 0 Å². The SMILES string of the molecule is COC(=O)C(c1ccccc1)(c1ccc(F)cc1)C(C#N)C#N. The van der Waals surface area contributed by atoms with E-state index in [9.17, 15) is 19.7 Å². The van der Waals surface area contributed by atoms with Gasteiger partial charge in [-0.05, 0) is 23.3 Å². The van der Waals surface area contributed by atoms with Crippen LogP contribution in [0, 0.1) is 34.4 Å². The van der Waals surface area contributed by atoms with Crippen LogP contribution in [0.5, 0.6) is 0 Å². The predicted octanol–water partition coefficient (Wildman–Crippen LogP) is 2.95. The average molecular weight is 308 g/mol. The Hall–Kier alpha value is -3.18. The Morgan fingerprint density at radius 2 is 1.57 bits per heavy atom. The fourth-order valence-corrected chi connectivity index (χ4v) is 2.65. The van der Waals surface area contributed by atoms with Crippen molar-refractivity contribution in [2.75, 3.05) is 7.11 Å². The maximum Gasteiger partial charge on any atom is 0.323 e. The van der Waals surface area contributed by atoms with Crippen molar-refractivity contribution in [3.8, 4) is 12.1 Å². The Balaban J connectivity index is 2.86. The Morgan fingerprint density at radius 3 is 2.04 bits per heavy atom. The van der Waals surface area contributed by atoms with Crippen molar-refractivity contribution in [3.63, 3.8) is 0 Å². The summed E-state index contributed by atoms with van der Waals surface area (Å²) in [6.07, 6.45) is 0. The molecule has 0 amide bonds. The lowest BCUT2D eigenvalue weighted by Gasteiger charge is -2.32. The Morgan fingerprint density at radius 1 is 1.04 bits per heavy atom. The van der Waals surface area contributed by atoms with Gasteiger partial charge in [0.25, 0.3) is 0 Å². The summed E-state index contributed by atoms with van der Waals surface area (Å²) < 4.78 is 18.2. The van der Waals surface area contributed by atoms with E-state index in [1.807, 2.05) is 12.1 Å². The molecule has 2 aromatic carbocycles. The number of benzene rings is 2. The molecular weight excluding hydrogens is 295 g/mol. The van der Waals surface area contributed by atoms with Gasteiger partial charge in [-0.25, -0.2) is 4.39 Å². The molecule has 23 heavy (non-hydrogen) atoms. The number of nitriles is 2. The van der Waals surface area contributed by atoms with Crippen LogP contribution in [-0.4, -0.2) is 13.1 Å². The Bertz CT molecular complexity index is 761. The van der Waals surface area contributed by atoms with Crippen LogP contribution in [0.3, 0.4) is 0 Å². The first-order chi connectivity index (χ1) is 11.1. The molecule has 0 aliphatic rings. The highest BCUT2D eigenvalue weighted by molar-refractivity contribution is 5.89. The standard InChI is InChI=1S/C18H13FN2O2/c1-23-17(22)18(15(11-20)12-21,13-5-3-2-4-6-13)14-7-9-16(19)10-8-14/h2-10,15H,1H3. The number of methoxy groups -OCH3 is 1. The molecular formula is C18H13FN2O2. The van der Waals surface area contributed by atoms with E-state index in [0.717, 1.165) is 0 Å². The van der Waals surface area contributed by atoms with Crippen molar-refractivity contribution in [2.45, 2.75) is 5.41 Å². The molecule has 0 heterocycles. The number of carbonyl (C=O) groups excluding carboxylic acids is 1. The zero-order valence-corrected chi connectivity index (χ0v) is 12.4. The maximum atomic E-state index is 13.3. The molecule has 0 N–H and O–H groups in total. The number of nitrogens with zero attached hydrogens (tertiary/aromatic N) is 2. The third-order valence-corrected chi connectivity index (χ3v) is 3.73. The lowest BCUT2D eigenvalue weighted by atomic mass is 9.66. The van der Waals surface area contributed by atoms with E-state index >= 15 is 0 Å². The van der Waals surface area contributed by atoms with Crippen molar-refractivity contribution in [3.05, 3.63) is 71.5 Å². The first kappa shape index (κ1) is 16.2. The molecule has 1 unspecified atom stereocenters. The van der Waals surface area contributed by atoms with Crippen LogP contribution >= 0.6 is 0 Å². The molecule has 0 aromatic heterocycles. The molecule has 2 aromatic rings. The van der Waals surface area contributed by atoms with Gasteiger partial charge in [0, 0.05) is 0 Å². The summed E-state index contributed by atoms with van der Waals surface area (Å²) in [7, 11) is 1.19. The molecule has 0 bridgehead atoms. The van der Waals surface area contributed by atoms with Gasteiger partial charge >= 0.3 is 5.97 Å². The molecule has 0 spiro atoms. The van der Waals surface area contributed by atoms with Crippen LogP contribution in [0.1, 0.15) is 11.1 Å². The predicted molar refractivity (Wildman–Crippen MR) is 80.4 cm³/mol. The van der Waals surface area contributed by atoms with Crippen molar-refractivity contribution < 1.29 is 13.9 Å². The van der Waals surface area contributed by atoms with Gasteiger partial charge in [-0.2, -0.15) is 10.5 Å². The van der Waals surface area contributed by atoms with Crippen molar-refractivity contribution >= 4 is 5.97 Å². The molecule has 0 saturated carbocycles. The molecule has 0 saturated heterocycles. The molecule has 0 aliphatic heterocycles. The zero-order valence-electron chi connectivity index (χ0n) is 12.4. The quantitative estimate of drug-likeness (QED) is 0.814. The summed E-state index contributed by atoms with van der Waals surface area (Å²) in [4.78, 5) is 12.7. The highest BCUT2D eigenvalue weighted by atomic mass is 19.1. The van der Waals surface area contributed by atoms with Gasteiger partial charge < -0.3 is 4.74 Å². The summed E-state index contributed by atoms with van der Waals surface area (Å²) >= 11 is 0. The number of halogens is 1. The van der Waals surface area contributed by atoms with Gasteiger partial charge in [0.2, 0.25) is 0 Å². The normalized spacial score (nSPS) is 12.7. The van der Waals surface area contributed by atoms with Gasteiger partial charge in [0.1, 0.15) is 11.2 Å². The van der Waals surface area contributed by atoms with Gasteiger partial charge in [0.05, 0.1) is 19.2 Å². The number of ether oxygens (including phenoxy) is 1. The minimum absolute atomic E-state index is 0.324. The molecule has 4 nitrogen and oxygen atoms in total. The van der Waals surface area contributed by atoms with E-state index in [1.165, 1.54) is 31.4 Å². The van der Waals surface area contributed by atoms with Gasteiger partial charge in [-0.15, -0.1) is 0 Å². The number of carbonyl (C=O) groups is 1. The van der Waals surface area contributed by atoms with Gasteiger partial charge in [-0.1, -0.05) is 42.5 Å². The van der Waals surface area contributed by atoms with Crippen LogP contribution in [0.15, 0.2) is 54.6 Å². The monoisotopic (exact) mass is 308 g/mol. The van der Waals surface area contributed by atoms with Crippen LogP contribution in [0.25, 0.3) is 0 Å². The lowest BCUT2D eigenvalue weighted by molar-refractivity contribution is -0.146. The second-order valence-corrected chi connectivity index (χ2v) is 4.86. The van der Waals surface area contributed by atoms with Crippen LogP contribution < -0.4 is 0 Å². The smallest absolute Gasteiger partial charge is 0.323 e. The zero-order chi connectivity index (χ0) is 16.9. The molecule has 114 valence electrons. The van der Waals surface area contributed by atoms with Crippen molar-refractivity contribution in [1.82, 2.24) is 0 Å². The fourth-order valence-electron chi connectivity index (χ4n) is 2.65. The fraction of sp³-hybridized carbons (Fsp3) is 0.167. The largest absolute Gasteiger partial charge is 0.468 e. The van der Waals surface area contributed by atoms with Crippen LogP contribution in [0.4, 0.5) is 4.39 Å². The topological polar surface area (TPSA) is 73.9 Å². The lowest BCUT2D eigenvalue weighted by Crippen LogP contribution is -2.44. The van der Waals surface area contributed by atoms with Crippen molar-refractivity contribution in [2.24, 2.45) is 5.92 Å². The van der Waals surface area contributed by atoms with Crippen molar-refractivity contribution in [1.29, 1.82) is 10.5 Å². The maximum absolute atomic E-state index is 13.3. The second-order valence-electron chi connectivity index (χ2n) is 4.86. The summed E-state index contributed by atoms with van der Waals surface area (Å²) in [5.41, 5.74) is -0.885. The third kappa shape index (κ3) is 2.65. The van der Waals surface area contributed by atoms with Gasteiger partial charge in [0.15, 0.2) is 5.92 Å². The molecule has 0 radical (unpaired) electrons. The molecule has 0 aliphatic carbocycles. The molecule has 5 heteroatoms. The summed E-state index contributed by atoms with van der Waals surface area (Å²) in [5.74, 6) is -2.56. The first-order valence-electron chi connectivity index (χ1n) is 6.80. The van der Waals surface area contributed by atoms with E-state index in [0.29, 0.717) is 11.1 Å². The van der Waals surface area contributed by atoms with E-state index in [2.05, 4.69) is 0 Å². The highest BCUT2D eigenvalue weighted by Crippen LogP contribution is 2.40. The number of rotatable bonds is 4. The van der Waals surface area contributed by atoms with E-state index in [-0.39, 0.29) is 0 Å². The van der Waals surface area contributed by atoms with E-state index in [1.54, 1.807) is 30.3 Å². The minimum Gasteiger partial charge on any atom is -0.468 e. The number of hydrogen-bond acceptors (Lipinski definition) is 4. The average Bonchev–Trinajstić information content (AvgIpc) is 2.60. The molecule has 2 rings (SSSR count). The Kier molecular flexibility index (Phi) is 4.73. The van der Waals surface area contributed by atoms with E-state index < -0.39 is 23.1 Å². The minimum atomic E-state index is -1.65. The highest BCUT2D eigenvalue weighted by Gasteiger charge is 2.51. The number of esters is 1. The third-order valence-electron chi connectivity index (χ3n) is 3.73. The van der Waals surface area contributed by atoms with E-state index in [4.69, 9.17) is 4.74 Å².